The molecule has 5 nitrogen and oxygen atoms in total. The fraction of sp³-hybridized carbons (Fsp3) is 0.500. The van der Waals surface area contributed by atoms with E-state index < -0.39 is 39.4 Å². The number of allylic oxidation sites excluding steroid dienone is 2. The molecule has 0 radical (unpaired) electrons. The van der Waals surface area contributed by atoms with Crippen LogP contribution in [0.25, 0.3) is 0 Å². The van der Waals surface area contributed by atoms with E-state index in [1.54, 1.807) is 0 Å². The molecule has 2 atom stereocenters. The molecule has 1 aliphatic rings. The van der Waals surface area contributed by atoms with E-state index in [1.165, 1.54) is 37.5 Å². The molecule has 0 aromatic heterocycles. The van der Waals surface area contributed by atoms with Gasteiger partial charge in [0.1, 0.15) is 11.9 Å². The lowest BCUT2D eigenvalue weighted by Crippen LogP contribution is -2.28. The van der Waals surface area contributed by atoms with Gasteiger partial charge in [-0.1, -0.05) is 25.0 Å². The van der Waals surface area contributed by atoms with Gasteiger partial charge in [-0.3, -0.25) is 0 Å². The summed E-state index contributed by atoms with van der Waals surface area (Å²) in [4.78, 5) is 11.5. The van der Waals surface area contributed by atoms with Crippen LogP contribution >= 0.6 is 0 Å². The van der Waals surface area contributed by atoms with E-state index in [1.807, 2.05) is 0 Å². The molecule has 2 unspecified atom stereocenters. The standard InChI is InChI=1S/C18H20F4O5S/c1-26-17(23)13-10-8-12(9-11-13)16(19)14-6-4-2-3-5-7-15(14)27-28(24,25)18(20,21)22/h7-11,14,16H,2-6H2,1H3/b15-7+. The first-order valence-corrected chi connectivity index (χ1v) is 10.0. The number of carbonyl (C=O) groups is 1. The van der Waals surface area contributed by atoms with Gasteiger partial charge in [0, 0.05) is 0 Å². The summed E-state index contributed by atoms with van der Waals surface area (Å²) in [6.07, 6.45) is 1.70. The summed E-state index contributed by atoms with van der Waals surface area (Å²) >= 11 is 0. The summed E-state index contributed by atoms with van der Waals surface area (Å²) in [5, 5.41) is 0. The number of methoxy groups -OCH3 is 1. The number of rotatable bonds is 5. The summed E-state index contributed by atoms with van der Waals surface area (Å²) in [6, 6.07) is 5.28. The topological polar surface area (TPSA) is 69.7 Å². The van der Waals surface area contributed by atoms with E-state index in [0.29, 0.717) is 12.8 Å². The predicted octanol–water partition coefficient (Wildman–Crippen LogP) is 4.81. The first-order chi connectivity index (χ1) is 13.1. The number of hydrogen-bond acceptors (Lipinski definition) is 5. The van der Waals surface area contributed by atoms with Crippen LogP contribution in [0.1, 0.15) is 54.2 Å². The minimum atomic E-state index is -5.89. The molecule has 0 heterocycles. The average molecular weight is 424 g/mol. The smallest absolute Gasteiger partial charge is 0.465 e. The van der Waals surface area contributed by atoms with Crippen molar-refractivity contribution in [3.05, 3.63) is 47.2 Å². The number of alkyl halides is 4. The number of carbonyl (C=O) groups excluding carboxylic acids is 1. The van der Waals surface area contributed by atoms with Crippen molar-refractivity contribution < 1.29 is 39.7 Å². The first kappa shape index (κ1) is 22.2. The van der Waals surface area contributed by atoms with E-state index in [9.17, 15) is 26.4 Å². The fourth-order valence-electron chi connectivity index (χ4n) is 2.94. The summed E-state index contributed by atoms with van der Waals surface area (Å²) in [5.41, 5.74) is -5.32. The Morgan fingerprint density at radius 3 is 2.36 bits per heavy atom. The van der Waals surface area contributed by atoms with Crippen molar-refractivity contribution in [1.29, 1.82) is 0 Å². The van der Waals surface area contributed by atoms with Crippen LogP contribution in [0.5, 0.6) is 0 Å². The van der Waals surface area contributed by atoms with Crippen molar-refractivity contribution in [2.45, 2.75) is 43.8 Å². The third kappa shape index (κ3) is 5.24. The molecular weight excluding hydrogens is 404 g/mol. The van der Waals surface area contributed by atoms with E-state index in [0.717, 1.165) is 6.42 Å². The molecular formula is C18H20F4O5S. The molecule has 0 saturated carbocycles. The molecule has 156 valence electrons. The van der Waals surface area contributed by atoms with Crippen LogP contribution in [0.4, 0.5) is 17.6 Å². The molecule has 0 amide bonds. The van der Waals surface area contributed by atoms with Crippen LogP contribution in [-0.4, -0.2) is 27.0 Å². The maximum Gasteiger partial charge on any atom is 0.534 e. The molecule has 0 fully saturated rings. The number of ether oxygens (including phenoxy) is 1. The highest BCUT2D eigenvalue weighted by molar-refractivity contribution is 7.87. The molecule has 1 aromatic rings. The Morgan fingerprint density at radius 1 is 1.14 bits per heavy atom. The van der Waals surface area contributed by atoms with Crippen molar-refractivity contribution in [2.75, 3.05) is 7.11 Å². The van der Waals surface area contributed by atoms with Gasteiger partial charge in [-0.25, -0.2) is 9.18 Å². The highest BCUT2D eigenvalue weighted by Gasteiger charge is 2.49. The third-order valence-corrected chi connectivity index (χ3v) is 5.40. The van der Waals surface area contributed by atoms with Crippen LogP contribution in [-0.2, 0) is 19.0 Å². The highest BCUT2D eigenvalue weighted by Crippen LogP contribution is 2.40. The molecule has 28 heavy (non-hydrogen) atoms. The molecule has 10 heteroatoms. The Hall–Kier alpha value is -2.10. The van der Waals surface area contributed by atoms with E-state index in [4.69, 9.17) is 0 Å². The fourth-order valence-corrected chi connectivity index (χ4v) is 3.48. The van der Waals surface area contributed by atoms with Crippen molar-refractivity contribution in [3.8, 4) is 0 Å². The van der Waals surface area contributed by atoms with Gasteiger partial charge in [-0.15, -0.1) is 0 Å². The highest BCUT2D eigenvalue weighted by atomic mass is 32.2. The first-order valence-electron chi connectivity index (χ1n) is 8.60. The van der Waals surface area contributed by atoms with Crippen LogP contribution in [0.15, 0.2) is 36.1 Å². The molecule has 1 aromatic carbocycles. The molecule has 0 spiro atoms. The summed E-state index contributed by atoms with van der Waals surface area (Å²) in [7, 11) is -4.70. The van der Waals surface area contributed by atoms with Gasteiger partial charge in [-0.2, -0.15) is 21.6 Å². The van der Waals surface area contributed by atoms with Gasteiger partial charge < -0.3 is 8.92 Å². The molecule has 0 aliphatic heterocycles. The van der Waals surface area contributed by atoms with Gasteiger partial charge in [0.15, 0.2) is 0 Å². The second-order valence-electron chi connectivity index (χ2n) is 6.35. The quantitative estimate of drug-likeness (QED) is 0.294. The summed E-state index contributed by atoms with van der Waals surface area (Å²) in [6.45, 7) is 0. The zero-order valence-electron chi connectivity index (χ0n) is 15.0. The molecule has 0 bridgehead atoms. The Labute approximate surface area is 160 Å². The zero-order chi connectivity index (χ0) is 20.9. The average Bonchev–Trinajstić information content (AvgIpc) is 2.62. The van der Waals surface area contributed by atoms with Crippen molar-refractivity contribution in [3.63, 3.8) is 0 Å². The Bertz CT molecular complexity index is 815. The van der Waals surface area contributed by atoms with Gasteiger partial charge in [0.25, 0.3) is 0 Å². The number of benzene rings is 1. The molecule has 2 rings (SSSR count). The minimum Gasteiger partial charge on any atom is -0.465 e. The Kier molecular flexibility index (Phi) is 7.08. The maximum absolute atomic E-state index is 15.2. The van der Waals surface area contributed by atoms with Crippen LogP contribution < -0.4 is 0 Å². The van der Waals surface area contributed by atoms with E-state index in [-0.39, 0.29) is 24.0 Å². The second kappa shape index (κ2) is 8.93. The largest absolute Gasteiger partial charge is 0.534 e. The van der Waals surface area contributed by atoms with Crippen molar-refractivity contribution in [1.82, 2.24) is 0 Å². The lowest BCUT2D eigenvalue weighted by Gasteiger charge is -2.26. The van der Waals surface area contributed by atoms with E-state index >= 15 is 4.39 Å². The lowest BCUT2D eigenvalue weighted by molar-refractivity contribution is -0.0531. The van der Waals surface area contributed by atoms with Crippen molar-refractivity contribution >= 4 is 16.1 Å². The summed E-state index contributed by atoms with van der Waals surface area (Å²) < 4.78 is 84.9. The van der Waals surface area contributed by atoms with Crippen molar-refractivity contribution in [2.24, 2.45) is 5.92 Å². The Balaban J connectivity index is 2.32. The SMILES string of the molecule is COC(=O)c1ccc(C(F)C2CCCCC/C=C\2OS(=O)(=O)C(F)(F)F)cc1. The van der Waals surface area contributed by atoms with Gasteiger partial charge in [-0.05, 0) is 43.0 Å². The normalized spacial score (nSPS) is 21.6. The maximum atomic E-state index is 15.2. The molecule has 1 aliphatic carbocycles. The number of esters is 1. The molecule has 0 N–H and O–H groups in total. The Morgan fingerprint density at radius 2 is 1.79 bits per heavy atom. The van der Waals surface area contributed by atoms with Crippen LogP contribution in [0.2, 0.25) is 0 Å². The monoisotopic (exact) mass is 424 g/mol. The number of halogens is 4. The third-order valence-electron chi connectivity index (χ3n) is 4.42. The minimum absolute atomic E-state index is 0.0946. The van der Waals surface area contributed by atoms with Crippen LogP contribution in [0.3, 0.4) is 0 Å². The summed E-state index contributed by atoms with van der Waals surface area (Å²) in [5.74, 6) is -2.35. The van der Waals surface area contributed by atoms with Gasteiger partial charge >= 0.3 is 21.6 Å². The van der Waals surface area contributed by atoms with E-state index in [2.05, 4.69) is 8.92 Å². The number of hydrogen-bond donors (Lipinski definition) is 0. The second-order valence-corrected chi connectivity index (χ2v) is 7.89. The molecule has 0 saturated heterocycles. The predicted molar refractivity (Wildman–Crippen MR) is 92.3 cm³/mol. The lowest BCUT2D eigenvalue weighted by atomic mass is 9.87. The van der Waals surface area contributed by atoms with Crippen LogP contribution in [0, 0.1) is 5.92 Å². The zero-order valence-corrected chi connectivity index (χ0v) is 15.9. The van der Waals surface area contributed by atoms with Gasteiger partial charge in [0.2, 0.25) is 0 Å². The van der Waals surface area contributed by atoms with Gasteiger partial charge in [0.05, 0.1) is 18.6 Å².